The monoisotopic (exact) mass is 505 g/mol. The van der Waals surface area contributed by atoms with Crippen molar-refractivity contribution in [2.45, 2.75) is 39.1 Å². The molecule has 2 heterocycles. The van der Waals surface area contributed by atoms with Gasteiger partial charge in [0, 0.05) is 40.8 Å². The zero-order valence-corrected chi connectivity index (χ0v) is 19.1. The topological polar surface area (TPSA) is 81.9 Å². The van der Waals surface area contributed by atoms with Crippen molar-refractivity contribution in [1.29, 1.82) is 0 Å². The van der Waals surface area contributed by atoms with Crippen LogP contribution in [0.15, 0.2) is 55.1 Å². The predicted molar refractivity (Wildman–Crippen MR) is 122 cm³/mol. The highest BCUT2D eigenvalue weighted by atomic mass is 19.4. The number of rotatable bonds is 7. The van der Waals surface area contributed by atoms with Crippen molar-refractivity contribution >= 4 is 22.6 Å². The van der Waals surface area contributed by atoms with E-state index in [4.69, 9.17) is 0 Å². The molecule has 188 valence electrons. The Balaban J connectivity index is 1.78. The van der Waals surface area contributed by atoms with Crippen LogP contribution in [0.25, 0.3) is 22.2 Å². The Morgan fingerprint density at radius 1 is 1.11 bits per heavy atom. The number of benzene rings is 2. The van der Waals surface area contributed by atoms with Gasteiger partial charge in [0.05, 0.1) is 11.0 Å². The summed E-state index contributed by atoms with van der Waals surface area (Å²) >= 11 is 0. The maximum absolute atomic E-state index is 13.9. The van der Waals surface area contributed by atoms with E-state index in [9.17, 15) is 26.7 Å². The van der Waals surface area contributed by atoms with Crippen LogP contribution < -0.4 is 10.1 Å². The standard InChI is InChI=1S/C24H20F5N5O2/c1-3-13(2)34-20-18(15-10-30-12-31-11-15)8-14(9-19(20)33-22(34)21(25)26)23(35)32-16-4-6-17(7-5-16)36-24(27,28)29/h4-13,21H,3H2,1-2H3,(H,32,35)/t13-/m1/s1. The van der Waals surface area contributed by atoms with Gasteiger partial charge in [-0.3, -0.25) is 4.79 Å². The third kappa shape index (κ3) is 5.26. The number of halogens is 5. The number of alkyl halides is 5. The van der Waals surface area contributed by atoms with E-state index in [1.165, 1.54) is 47.6 Å². The van der Waals surface area contributed by atoms with Crippen LogP contribution in [0.1, 0.15) is 48.9 Å². The van der Waals surface area contributed by atoms with E-state index in [2.05, 4.69) is 25.0 Å². The van der Waals surface area contributed by atoms with Crippen LogP contribution in [-0.4, -0.2) is 31.8 Å². The van der Waals surface area contributed by atoms with Gasteiger partial charge < -0.3 is 14.6 Å². The zero-order chi connectivity index (χ0) is 26.0. The molecule has 0 bridgehead atoms. The first-order valence-electron chi connectivity index (χ1n) is 10.8. The number of anilines is 1. The van der Waals surface area contributed by atoms with Crippen LogP contribution in [0.4, 0.5) is 27.6 Å². The summed E-state index contributed by atoms with van der Waals surface area (Å²) < 4.78 is 70.2. The van der Waals surface area contributed by atoms with Crippen molar-refractivity contribution < 1.29 is 31.5 Å². The summed E-state index contributed by atoms with van der Waals surface area (Å²) in [7, 11) is 0. The molecule has 4 rings (SSSR count). The van der Waals surface area contributed by atoms with Crippen LogP contribution in [0.3, 0.4) is 0 Å². The number of carbonyl (C=O) groups is 1. The molecule has 0 spiro atoms. The van der Waals surface area contributed by atoms with Crippen LogP contribution in [0.2, 0.25) is 0 Å². The molecule has 0 aliphatic carbocycles. The normalized spacial score (nSPS) is 12.7. The van der Waals surface area contributed by atoms with E-state index in [0.717, 1.165) is 12.1 Å². The lowest BCUT2D eigenvalue weighted by atomic mass is 10.0. The van der Waals surface area contributed by atoms with Gasteiger partial charge in [0.2, 0.25) is 0 Å². The Kier molecular flexibility index (Phi) is 6.86. The summed E-state index contributed by atoms with van der Waals surface area (Å²) in [5, 5.41) is 2.58. The Morgan fingerprint density at radius 3 is 2.36 bits per heavy atom. The molecule has 12 heteroatoms. The van der Waals surface area contributed by atoms with Crippen molar-refractivity contribution in [1.82, 2.24) is 19.5 Å². The van der Waals surface area contributed by atoms with Gasteiger partial charge in [-0.2, -0.15) is 0 Å². The van der Waals surface area contributed by atoms with Crippen LogP contribution in [0, 0.1) is 0 Å². The first-order chi connectivity index (χ1) is 17.1. The zero-order valence-electron chi connectivity index (χ0n) is 19.1. The molecule has 0 saturated heterocycles. The van der Waals surface area contributed by atoms with Crippen molar-refractivity contribution in [3.8, 4) is 16.9 Å². The molecule has 0 radical (unpaired) electrons. The quantitative estimate of drug-likeness (QED) is 0.288. The van der Waals surface area contributed by atoms with Gasteiger partial charge in [-0.15, -0.1) is 13.2 Å². The van der Waals surface area contributed by atoms with E-state index >= 15 is 0 Å². The van der Waals surface area contributed by atoms with E-state index in [1.54, 1.807) is 6.92 Å². The number of ether oxygens (including phenoxy) is 1. The number of carbonyl (C=O) groups excluding carboxylic acids is 1. The Hall–Kier alpha value is -4.09. The summed E-state index contributed by atoms with van der Waals surface area (Å²) in [6.07, 6.45) is -2.81. The average Bonchev–Trinajstić information content (AvgIpc) is 3.24. The van der Waals surface area contributed by atoms with Crippen molar-refractivity contribution in [3.63, 3.8) is 0 Å². The molecule has 1 amide bonds. The Labute approximate surface area is 202 Å². The van der Waals surface area contributed by atoms with Crippen LogP contribution in [-0.2, 0) is 0 Å². The third-order valence-corrected chi connectivity index (χ3v) is 5.52. The minimum atomic E-state index is -4.84. The number of hydrogen-bond donors (Lipinski definition) is 1. The summed E-state index contributed by atoms with van der Waals surface area (Å²) in [5.41, 5.74) is 1.85. The molecule has 36 heavy (non-hydrogen) atoms. The number of aromatic nitrogens is 4. The second-order valence-electron chi connectivity index (χ2n) is 7.94. The Bertz CT molecular complexity index is 1370. The highest BCUT2D eigenvalue weighted by Gasteiger charge is 2.31. The molecule has 0 unspecified atom stereocenters. The first kappa shape index (κ1) is 25.0. The number of nitrogens with one attached hydrogen (secondary N) is 1. The molecule has 2 aromatic carbocycles. The fourth-order valence-corrected chi connectivity index (χ4v) is 3.76. The van der Waals surface area contributed by atoms with E-state index < -0.39 is 30.3 Å². The van der Waals surface area contributed by atoms with Gasteiger partial charge in [0.1, 0.15) is 12.1 Å². The predicted octanol–water partition coefficient (Wildman–Crippen LogP) is 6.55. The van der Waals surface area contributed by atoms with Gasteiger partial charge in [0.25, 0.3) is 12.3 Å². The number of hydrogen-bond acceptors (Lipinski definition) is 5. The number of amides is 1. The molecule has 1 N–H and O–H groups in total. The highest BCUT2D eigenvalue weighted by Crippen LogP contribution is 2.36. The maximum atomic E-state index is 13.9. The number of nitrogens with zero attached hydrogens (tertiary/aromatic N) is 4. The lowest BCUT2D eigenvalue weighted by Gasteiger charge is -2.18. The molecule has 1 atom stereocenters. The second-order valence-corrected chi connectivity index (χ2v) is 7.94. The minimum Gasteiger partial charge on any atom is -0.406 e. The highest BCUT2D eigenvalue weighted by molar-refractivity contribution is 6.08. The van der Waals surface area contributed by atoms with Crippen molar-refractivity contribution in [2.75, 3.05) is 5.32 Å². The molecular formula is C24H20F5N5O2. The van der Waals surface area contributed by atoms with Gasteiger partial charge >= 0.3 is 6.36 Å². The SMILES string of the molecule is CC[C@@H](C)n1c(C(F)F)nc2cc(C(=O)Nc3ccc(OC(F)(F)F)cc3)cc(-c3cncnc3)c21. The summed E-state index contributed by atoms with van der Waals surface area (Å²) in [5.74, 6) is -1.48. The summed E-state index contributed by atoms with van der Waals surface area (Å²) in [6, 6.07) is 7.21. The largest absolute Gasteiger partial charge is 0.573 e. The van der Waals surface area contributed by atoms with Gasteiger partial charge in [-0.1, -0.05) is 6.92 Å². The molecule has 0 aliphatic heterocycles. The van der Waals surface area contributed by atoms with Gasteiger partial charge in [-0.05, 0) is 49.7 Å². The fraction of sp³-hybridized carbons (Fsp3) is 0.250. The molecule has 0 aliphatic rings. The molecule has 0 saturated carbocycles. The minimum absolute atomic E-state index is 0.103. The third-order valence-electron chi connectivity index (χ3n) is 5.52. The first-order valence-corrected chi connectivity index (χ1v) is 10.8. The van der Waals surface area contributed by atoms with E-state index in [0.29, 0.717) is 23.1 Å². The molecular weight excluding hydrogens is 485 g/mol. The molecule has 2 aromatic heterocycles. The molecule has 0 fully saturated rings. The molecule has 7 nitrogen and oxygen atoms in total. The maximum Gasteiger partial charge on any atom is 0.573 e. The summed E-state index contributed by atoms with van der Waals surface area (Å²) in [6.45, 7) is 3.66. The lowest BCUT2D eigenvalue weighted by Crippen LogP contribution is -2.17. The number of imidazole rings is 1. The Morgan fingerprint density at radius 2 is 1.78 bits per heavy atom. The van der Waals surface area contributed by atoms with E-state index in [-0.39, 0.29) is 22.8 Å². The van der Waals surface area contributed by atoms with Crippen LogP contribution in [0.5, 0.6) is 5.75 Å². The summed E-state index contributed by atoms with van der Waals surface area (Å²) in [4.78, 5) is 25.2. The molecule has 4 aromatic rings. The second kappa shape index (κ2) is 9.88. The van der Waals surface area contributed by atoms with Gasteiger partial charge in [0.15, 0.2) is 5.82 Å². The van der Waals surface area contributed by atoms with Gasteiger partial charge in [-0.25, -0.2) is 23.7 Å². The average molecular weight is 505 g/mol. The van der Waals surface area contributed by atoms with Crippen molar-refractivity contribution in [2.24, 2.45) is 0 Å². The van der Waals surface area contributed by atoms with Crippen molar-refractivity contribution in [3.05, 3.63) is 66.5 Å². The number of fused-ring (bicyclic) bond motifs is 1. The lowest BCUT2D eigenvalue weighted by molar-refractivity contribution is -0.274. The fourth-order valence-electron chi connectivity index (χ4n) is 3.76. The smallest absolute Gasteiger partial charge is 0.406 e. The van der Waals surface area contributed by atoms with Crippen LogP contribution >= 0.6 is 0 Å². The van der Waals surface area contributed by atoms with E-state index in [1.807, 2.05) is 6.92 Å².